The number of nitrogens with one attached hydrogen (secondary N) is 1. The fourth-order valence-electron chi connectivity index (χ4n) is 4.05. The highest BCUT2D eigenvalue weighted by Gasteiger charge is 2.21. The van der Waals surface area contributed by atoms with Gasteiger partial charge in [-0.1, -0.05) is 24.3 Å². The molecule has 7 heteroatoms. The molecule has 0 spiro atoms. The number of aromatic nitrogens is 4. The summed E-state index contributed by atoms with van der Waals surface area (Å²) in [7, 11) is 0. The molecule has 1 aliphatic rings. The van der Waals surface area contributed by atoms with Crippen molar-refractivity contribution < 1.29 is 4.42 Å². The molecule has 0 fully saturated rings. The van der Waals surface area contributed by atoms with Gasteiger partial charge < -0.3 is 14.3 Å². The molecule has 3 aromatic heterocycles. The van der Waals surface area contributed by atoms with Crippen molar-refractivity contribution in [1.82, 2.24) is 19.7 Å². The second-order valence-corrected chi connectivity index (χ2v) is 7.40. The molecule has 0 saturated carbocycles. The van der Waals surface area contributed by atoms with Crippen LogP contribution < -0.4 is 10.7 Å². The lowest BCUT2D eigenvalue weighted by atomic mass is 10.1. The summed E-state index contributed by atoms with van der Waals surface area (Å²) in [6, 6.07) is 10.7. The molecule has 146 valence electrons. The molecule has 1 N–H and O–H groups in total. The SMILES string of the molecule is CCn1cc(-c2nnc(C)o2)c(=O)c2cc(NC3Cc4ccccc4C3)cnc21. The van der Waals surface area contributed by atoms with E-state index in [9.17, 15) is 4.79 Å². The van der Waals surface area contributed by atoms with Crippen LogP contribution in [0.3, 0.4) is 0 Å². The third-order valence-corrected chi connectivity index (χ3v) is 5.43. The predicted octanol–water partition coefficient (Wildman–Crippen LogP) is 3.35. The minimum atomic E-state index is -0.154. The number of hydrogen-bond acceptors (Lipinski definition) is 6. The number of rotatable bonds is 4. The van der Waals surface area contributed by atoms with Gasteiger partial charge in [0.25, 0.3) is 5.89 Å². The summed E-state index contributed by atoms with van der Waals surface area (Å²) in [6.45, 7) is 4.39. The predicted molar refractivity (Wildman–Crippen MR) is 111 cm³/mol. The molecule has 0 saturated heterocycles. The summed E-state index contributed by atoms with van der Waals surface area (Å²) in [5.41, 5.74) is 4.49. The van der Waals surface area contributed by atoms with Crippen LogP contribution in [0.1, 0.15) is 23.9 Å². The van der Waals surface area contributed by atoms with Crippen LogP contribution in [0.15, 0.2) is 51.9 Å². The van der Waals surface area contributed by atoms with E-state index in [4.69, 9.17) is 4.42 Å². The zero-order valence-corrected chi connectivity index (χ0v) is 16.3. The molecule has 1 aliphatic carbocycles. The minimum absolute atomic E-state index is 0.154. The van der Waals surface area contributed by atoms with Crippen molar-refractivity contribution in [2.45, 2.75) is 39.3 Å². The van der Waals surface area contributed by atoms with Crippen LogP contribution in [0, 0.1) is 6.92 Å². The zero-order chi connectivity index (χ0) is 20.0. The summed E-state index contributed by atoms with van der Waals surface area (Å²) < 4.78 is 7.43. The lowest BCUT2D eigenvalue weighted by Crippen LogP contribution is -2.20. The Balaban J connectivity index is 1.54. The van der Waals surface area contributed by atoms with Crippen molar-refractivity contribution in [2.24, 2.45) is 0 Å². The van der Waals surface area contributed by atoms with Gasteiger partial charge in [-0.05, 0) is 37.0 Å². The van der Waals surface area contributed by atoms with E-state index in [1.807, 2.05) is 17.6 Å². The summed E-state index contributed by atoms with van der Waals surface area (Å²) >= 11 is 0. The number of fused-ring (bicyclic) bond motifs is 2. The Kier molecular flexibility index (Phi) is 4.16. The van der Waals surface area contributed by atoms with Crippen LogP contribution in [-0.2, 0) is 19.4 Å². The van der Waals surface area contributed by atoms with E-state index in [-0.39, 0.29) is 11.3 Å². The molecule has 3 heterocycles. The van der Waals surface area contributed by atoms with Crippen LogP contribution in [0.2, 0.25) is 0 Å². The molecular formula is C22H21N5O2. The lowest BCUT2D eigenvalue weighted by Gasteiger charge is -2.15. The number of nitrogens with zero attached hydrogens (tertiary/aromatic N) is 4. The molecule has 0 amide bonds. The van der Waals surface area contributed by atoms with E-state index in [0.29, 0.717) is 35.1 Å². The van der Waals surface area contributed by atoms with Crippen molar-refractivity contribution in [1.29, 1.82) is 0 Å². The molecule has 5 rings (SSSR count). The first kappa shape index (κ1) is 17.6. The van der Waals surface area contributed by atoms with Crippen LogP contribution in [0.4, 0.5) is 5.69 Å². The van der Waals surface area contributed by atoms with Crippen molar-refractivity contribution >= 4 is 16.7 Å². The third kappa shape index (κ3) is 3.08. The van der Waals surface area contributed by atoms with Crippen LogP contribution in [0.25, 0.3) is 22.5 Å². The number of anilines is 1. The van der Waals surface area contributed by atoms with E-state index in [1.54, 1.807) is 19.3 Å². The Labute approximate surface area is 167 Å². The summed E-state index contributed by atoms with van der Waals surface area (Å²) in [6.07, 6.45) is 5.47. The molecule has 0 atom stereocenters. The quantitative estimate of drug-likeness (QED) is 0.578. The summed E-state index contributed by atoms with van der Waals surface area (Å²) in [4.78, 5) is 17.7. The van der Waals surface area contributed by atoms with Crippen LogP contribution in [-0.4, -0.2) is 25.8 Å². The van der Waals surface area contributed by atoms with Gasteiger partial charge in [0.2, 0.25) is 11.3 Å². The summed E-state index contributed by atoms with van der Waals surface area (Å²) in [5, 5.41) is 12.0. The molecule has 29 heavy (non-hydrogen) atoms. The van der Waals surface area contributed by atoms with Crippen molar-refractivity contribution in [2.75, 3.05) is 5.32 Å². The maximum absolute atomic E-state index is 13.2. The second-order valence-electron chi connectivity index (χ2n) is 7.40. The van der Waals surface area contributed by atoms with Gasteiger partial charge >= 0.3 is 0 Å². The van der Waals surface area contributed by atoms with Crippen molar-refractivity contribution in [3.8, 4) is 11.5 Å². The highest BCUT2D eigenvalue weighted by Crippen LogP contribution is 2.26. The second kappa shape index (κ2) is 6.84. The first-order valence-electron chi connectivity index (χ1n) is 9.79. The topological polar surface area (TPSA) is 85.8 Å². The minimum Gasteiger partial charge on any atom is -0.421 e. The average molecular weight is 387 g/mol. The fraction of sp³-hybridized carbons (Fsp3) is 0.273. The maximum atomic E-state index is 13.2. The van der Waals surface area contributed by atoms with E-state index in [0.717, 1.165) is 18.5 Å². The Morgan fingerprint density at radius 2 is 1.97 bits per heavy atom. The van der Waals surface area contributed by atoms with Gasteiger partial charge in [-0.2, -0.15) is 0 Å². The molecule has 1 aromatic carbocycles. The highest BCUT2D eigenvalue weighted by atomic mass is 16.4. The first-order chi connectivity index (χ1) is 14.1. The fourth-order valence-corrected chi connectivity index (χ4v) is 4.05. The average Bonchev–Trinajstić information content (AvgIpc) is 3.34. The number of hydrogen-bond donors (Lipinski definition) is 1. The Bertz CT molecular complexity index is 1250. The van der Waals surface area contributed by atoms with E-state index in [2.05, 4.69) is 44.8 Å². The molecule has 0 unspecified atom stereocenters. The summed E-state index contributed by atoms with van der Waals surface area (Å²) in [5.74, 6) is 0.665. The van der Waals surface area contributed by atoms with Crippen molar-refractivity contribution in [3.05, 3.63) is 70.0 Å². The van der Waals surface area contributed by atoms with Gasteiger partial charge in [-0.25, -0.2) is 4.98 Å². The molecule has 4 aromatic rings. The van der Waals surface area contributed by atoms with Gasteiger partial charge in [0.1, 0.15) is 11.2 Å². The lowest BCUT2D eigenvalue weighted by molar-refractivity contribution is 0.531. The van der Waals surface area contributed by atoms with E-state index < -0.39 is 0 Å². The van der Waals surface area contributed by atoms with Gasteiger partial charge in [0.15, 0.2) is 0 Å². The third-order valence-electron chi connectivity index (χ3n) is 5.43. The molecular weight excluding hydrogens is 366 g/mol. The normalized spacial score (nSPS) is 13.7. The molecule has 0 bridgehead atoms. The number of benzene rings is 1. The molecule has 0 radical (unpaired) electrons. The van der Waals surface area contributed by atoms with Crippen LogP contribution >= 0.6 is 0 Å². The highest BCUT2D eigenvalue weighted by molar-refractivity contribution is 5.82. The van der Waals surface area contributed by atoms with Crippen LogP contribution in [0.5, 0.6) is 0 Å². The zero-order valence-electron chi connectivity index (χ0n) is 16.3. The van der Waals surface area contributed by atoms with Gasteiger partial charge in [0.05, 0.1) is 17.3 Å². The number of aryl methyl sites for hydroxylation is 2. The smallest absolute Gasteiger partial charge is 0.253 e. The Morgan fingerprint density at radius 3 is 2.62 bits per heavy atom. The Hall–Kier alpha value is -3.48. The number of pyridine rings is 2. The van der Waals surface area contributed by atoms with Gasteiger partial charge in [-0.3, -0.25) is 4.79 Å². The molecule has 0 aliphatic heterocycles. The van der Waals surface area contributed by atoms with E-state index >= 15 is 0 Å². The first-order valence-corrected chi connectivity index (χ1v) is 9.79. The van der Waals surface area contributed by atoms with E-state index in [1.165, 1.54) is 11.1 Å². The Morgan fingerprint density at radius 1 is 1.21 bits per heavy atom. The largest absolute Gasteiger partial charge is 0.421 e. The standard InChI is InChI=1S/C22H21N5O2/c1-3-27-12-19(22-26-25-13(2)29-22)20(28)18-10-17(11-23-21(18)27)24-16-8-14-6-4-5-7-15(14)9-16/h4-7,10-12,16,24H,3,8-9H2,1-2H3. The molecule has 7 nitrogen and oxygen atoms in total. The van der Waals surface area contributed by atoms with Crippen molar-refractivity contribution in [3.63, 3.8) is 0 Å². The van der Waals surface area contributed by atoms with Gasteiger partial charge in [-0.15, -0.1) is 10.2 Å². The van der Waals surface area contributed by atoms with Gasteiger partial charge in [0, 0.05) is 25.7 Å². The maximum Gasteiger partial charge on any atom is 0.253 e. The monoisotopic (exact) mass is 387 g/mol.